The Morgan fingerprint density at radius 2 is 2.14 bits per heavy atom. The van der Waals surface area contributed by atoms with Crippen LogP contribution in [0.25, 0.3) is 0 Å². The van der Waals surface area contributed by atoms with Crippen molar-refractivity contribution in [3.8, 4) is 0 Å². The van der Waals surface area contributed by atoms with Gasteiger partial charge in [-0.2, -0.15) is 0 Å². The number of hydrogen-bond acceptors (Lipinski definition) is 0. The highest BCUT2D eigenvalue weighted by molar-refractivity contribution is 7.23. The molecule has 0 saturated carbocycles. The summed E-state index contributed by atoms with van der Waals surface area (Å²) in [5.74, 6) is 0.891. The maximum Gasteiger partial charge on any atom is 0.0182 e. The van der Waals surface area contributed by atoms with Gasteiger partial charge in [0.05, 0.1) is 0 Å². The van der Waals surface area contributed by atoms with Crippen LogP contribution in [0.4, 0.5) is 0 Å². The third kappa shape index (κ3) is 6.65. The van der Waals surface area contributed by atoms with Crippen molar-refractivity contribution < 1.29 is 0 Å². The van der Waals surface area contributed by atoms with Crippen LogP contribution in [-0.4, -0.2) is 27.4 Å². The van der Waals surface area contributed by atoms with Gasteiger partial charge in [-0.1, -0.05) is 25.8 Å². The Labute approximate surface area is 53.7 Å². The molecule has 0 aliphatic carbocycles. The molecule has 3 heteroatoms. The van der Waals surface area contributed by atoms with Crippen molar-refractivity contribution in [2.75, 3.05) is 0 Å². The Kier molecular flexibility index (Phi) is 5.25. The molecule has 0 saturated heterocycles. The van der Waals surface area contributed by atoms with Crippen LogP contribution in [0.2, 0.25) is 6.04 Å². The van der Waals surface area contributed by atoms with E-state index < -0.39 is 0 Å². The molecular weight excluding hydrogens is 132 g/mol. The lowest BCUT2D eigenvalue weighted by molar-refractivity contribution is 0.734. The summed E-state index contributed by atoms with van der Waals surface area (Å²) >= 11 is 0. The highest BCUT2D eigenvalue weighted by atomic mass is 29.5. The topological polar surface area (TPSA) is 0 Å². The lowest BCUT2D eigenvalue weighted by Gasteiger charge is -1.97. The second-order valence-corrected chi connectivity index (χ2v) is 6.97. The van der Waals surface area contributed by atoms with E-state index in [4.69, 9.17) is 0 Å². The van der Waals surface area contributed by atoms with Gasteiger partial charge in [0.15, 0.2) is 0 Å². The largest absolute Gasteiger partial charge is 0.0631 e. The third-order valence-corrected chi connectivity index (χ3v) is 4.53. The average molecular weight is 141 g/mol. The first kappa shape index (κ1) is 7.65. The van der Waals surface area contributed by atoms with Crippen LogP contribution in [0, 0.1) is 5.92 Å². The van der Waals surface area contributed by atoms with Gasteiger partial charge in [0, 0.05) is 27.4 Å². The van der Waals surface area contributed by atoms with Gasteiger partial charge in [-0.15, -0.1) is 0 Å². The van der Waals surface area contributed by atoms with Crippen molar-refractivity contribution in [2.24, 2.45) is 5.92 Å². The summed E-state index contributed by atoms with van der Waals surface area (Å²) in [5, 5.41) is 0. The van der Waals surface area contributed by atoms with Gasteiger partial charge in [0.1, 0.15) is 0 Å². The SMILES string of the molecule is CC(C)C[Si][Si][Si]. The first-order valence-corrected chi connectivity index (χ1v) is 7.12. The highest BCUT2D eigenvalue weighted by Gasteiger charge is 1.90. The summed E-state index contributed by atoms with van der Waals surface area (Å²) in [5.41, 5.74) is 0. The molecule has 0 aromatic rings. The van der Waals surface area contributed by atoms with E-state index in [-0.39, 0.29) is 0 Å². The summed E-state index contributed by atoms with van der Waals surface area (Å²) in [6.45, 7) is 4.53. The maximum atomic E-state index is 3.46. The Morgan fingerprint density at radius 1 is 1.57 bits per heavy atom. The molecule has 0 amide bonds. The molecule has 0 aromatic carbocycles. The molecule has 0 nitrogen and oxygen atoms in total. The molecule has 0 bridgehead atoms. The van der Waals surface area contributed by atoms with Crippen LogP contribution in [-0.2, 0) is 0 Å². The quantitative estimate of drug-likeness (QED) is 0.501. The standard InChI is InChI=1S/C4H9Si3/c1-4(2)3-6-7-5/h4H,3H2,1-2H3. The van der Waals surface area contributed by atoms with Crippen molar-refractivity contribution in [2.45, 2.75) is 19.9 Å². The molecule has 7 radical (unpaired) electrons. The van der Waals surface area contributed by atoms with E-state index >= 15 is 0 Å². The Bertz CT molecular complexity index is 35.9. The summed E-state index contributed by atoms with van der Waals surface area (Å²) in [7, 11) is 5.58. The van der Waals surface area contributed by atoms with Crippen LogP contribution in [0.5, 0.6) is 0 Å². The summed E-state index contributed by atoms with van der Waals surface area (Å²) in [4.78, 5) is 0. The van der Waals surface area contributed by atoms with Crippen LogP contribution in [0.3, 0.4) is 0 Å². The van der Waals surface area contributed by atoms with Crippen LogP contribution >= 0.6 is 0 Å². The van der Waals surface area contributed by atoms with Gasteiger partial charge in [-0.05, 0) is 0 Å². The molecule has 0 aliphatic rings. The van der Waals surface area contributed by atoms with E-state index in [1.54, 1.807) is 0 Å². The first-order valence-electron chi connectivity index (χ1n) is 2.42. The second-order valence-electron chi connectivity index (χ2n) is 1.90. The molecule has 0 fully saturated rings. The molecule has 7 heavy (non-hydrogen) atoms. The van der Waals surface area contributed by atoms with Gasteiger partial charge in [0.25, 0.3) is 0 Å². The van der Waals surface area contributed by atoms with E-state index in [0.29, 0.717) is 0 Å². The lowest BCUT2D eigenvalue weighted by atomic mass is 10.3. The monoisotopic (exact) mass is 141 g/mol. The van der Waals surface area contributed by atoms with Crippen LogP contribution in [0.15, 0.2) is 0 Å². The molecule has 37 valence electrons. The molecule has 0 aromatic heterocycles. The van der Waals surface area contributed by atoms with Crippen molar-refractivity contribution in [1.29, 1.82) is 0 Å². The fraction of sp³-hybridized carbons (Fsp3) is 1.00. The van der Waals surface area contributed by atoms with Gasteiger partial charge in [0.2, 0.25) is 0 Å². The predicted octanol–water partition coefficient (Wildman–Crippen LogP) is 0.468. The molecular formula is C4H9Si3. The molecule has 0 unspecified atom stereocenters. The maximum absolute atomic E-state index is 3.46. The zero-order valence-corrected chi connectivity index (χ0v) is 7.78. The van der Waals surface area contributed by atoms with E-state index in [1.807, 2.05) is 0 Å². The predicted molar refractivity (Wildman–Crippen MR) is 36.9 cm³/mol. The van der Waals surface area contributed by atoms with Gasteiger partial charge in [-0.3, -0.25) is 0 Å². The van der Waals surface area contributed by atoms with Gasteiger partial charge in [-0.25, -0.2) is 0 Å². The van der Waals surface area contributed by atoms with Crippen molar-refractivity contribution in [3.05, 3.63) is 0 Å². The van der Waals surface area contributed by atoms with Gasteiger partial charge >= 0.3 is 0 Å². The molecule has 0 spiro atoms. The van der Waals surface area contributed by atoms with E-state index in [9.17, 15) is 0 Å². The molecule has 0 atom stereocenters. The van der Waals surface area contributed by atoms with Crippen molar-refractivity contribution in [1.82, 2.24) is 0 Å². The average Bonchev–Trinajstić information content (AvgIpc) is 1.61. The summed E-state index contributed by atoms with van der Waals surface area (Å²) in [6, 6.07) is 1.39. The smallest absolute Gasteiger partial charge is 0.0182 e. The zero-order valence-electron chi connectivity index (χ0n) is 4.78. The van der Waals surface area contributed by atoms with Crippen molar-refractivity contribution >= 4 is 27.4 Å². The summed E-state index contributed by atoms with van der Waals surface area (Å²) < 4.78 is 0. The van der Waals surface area contributed by atoms with Crippen molar-refractivity contribution in [3.63, 3.8) is 0 Å². The second kappa shape index (κ2) is 4.80. The van der Waals surface area contributed by atoms with Crippen LogP contribution < -0.4 is 0 Å². The third-order valence-electron chi connectivity index (χ3n) is 0.599. The highest BCUT2D eigenvalue weighted by Crippen LogP contribution is 1.95. The lowest BCUT2D eigenvalue weighted by Crippen LogP contribution is -2.05. The normalized spacial score (nSPS) is 10.3. The Morgan fingerprint density at radius 3 is 2.29 bits per heavy atom. The first-order chi connectivity index (χ1) is 3.27. The molecule has 0 aliphatic heterocycles. The fourth-order valence-corrected chi connectivity index (χ4v) is 3.21. The Balaban J connectivity index is 2.68. The van der Waals surface area contributed by atoms with E-state index in [0.717, 1.165) is 23.5 Å². The number of rotatable bonds is 3. The zero-order chi connectivity index (χ0) is 5.70. The van der Waals surface area contributed by atoms with E-state index in [1.165, 1.54) is 6.04 Å². The number of hydrogen-bond donors (Lipinski definition) is 0. The minimum Gasteiger partial charge on any atom is -0.0631 e. The van der Waals surface area contributed by atoms with E-state index in [2.05, 4.69) is 23.6 Å². The molecule has 0 rings (SSSR count). The Hall–Kier alpha value is 0.651. The van der Waals surface area contributed by atoms with Crippen LogP contribution in [0.1, 0.15) is 13.8 Å². The summed E-state index contributed by atoms with van der Waals surface area (Å²) in [6.07, 6.45) is 0. The fourth-order valence-electron chi connectivity index (χ4n) is 0.255. The minimum absolute atomic E-state index is 0.891. The van der Waals surface area contributed by atoms with Gasteiger partial charge < -0.3 is 0 Å². The minimum atomic E-state index is 0.891. The molecule has 0 heterocycles. The molecule has 0 N–H and O–H groups in total.